The molecule has 1 aliphatic rings. The number of fused-ring (bicyclic) bond motifs is 6. The topological polar surface area (TPSA) is 0 Å². The Bertz CT molecular complexity index is 2390. The lowest BCUT2D eigenvalue weighted by molar-refractivity contribution is 0.660. The van der Waals surface area contributed by atoms with Gasteiger partial charge in [0.15, 0.2) is 0 Å². The van der Waals surface area contributed by atoms with Crippen LogP contribution in [0.25, 0.3) is 76.8 Å². The first kappa shape index (κ1) is 26.0. The fraction of sp³-hybridized carbons (Fsp3) is 0.0667. The summed E-state index contributed by atoms with van der Waals surface area (Å²) in [5.41, 5.74) is 13.2. The highest BCUT2D eigenvalue weighted by atomic mass is 14.4. The maximum Gasteiger partial charge on any atom is 0.0159 e. The van der Waals surface area contributed by atoms with Gasteiger partial charge >= 0.3 is 0 Å². The summed E-state index contributed by atoms with van der Waals surface area (Å²) in [6.45, 7) is 4.72. The molecule has 0 radical (unpaired) electrons. The van der Waals surface area contributed by atoms with Crippen molar-refractivity contribution in [2.24, 2.45) is 0 Å². The highest BCUT2D eigenvalue weighted by molar-refractivity contribution is 6.24. The van der Waals surface area contributed by atoms with Crippen LogP contribution in [0, 0.1) is 0 Å². The van der Waals surface area contributed by atoms with E-state index in [1.165, 1.54) is 88.0 Å². The number of hydrogen-bond donors (Lipinski definition) is 0. The third-order valence-electron chi connectivity index (χ3n) is 10.0. The molecule has 1 aliphatic carbocycles. The lowest BCUT2D eigenvalue weighted by Gasteiger charge is -2.22. The van der Waals surface area contributed by atoms with Gasteiger partial charge in [0.05, 0.1) is 0 Å². The summed E-state index contributed by atoms with van der Waals surface area (Å²) in [4.78, 5) is 0. The van der Waals surface area contributed by atoms with Crippen molar-refractivity contribution in [3.8, 4) is 44.5 Å². The predicted molar refractivity (Wildman–Crippen MR) is 193 cm³/mol. The van der Waals surface area contributed by atoms with Crippen LogP contribution in [0.15, 0.2) is 158 Å². The second kappa shape index (κ2) is 9.78. The van der Waals surface area contributed by atoms with Gasteiger partial charge in [0.25, 0.3) is 0 Å². The Labute approximate surface area is 264 Å². The molecule has 0 heteroatoms. The molecule has 0 saturated carbocycles. The van der Waals surface area contributed by atoms with E-state index in [1.54, 1.807) is 0 Å². The molecule has 0 nitrogen and oxygen atoms in total. The van der Waals surface area contributed by atoms with Crippen LogP contribution in [-0.4, -0.2) is 0 Å². The van der Waals surface area contributed by atoms with Crippen LogP contribution in [0.3, 0.4) is 0 Å². The minimum atomic E-state index is -0.0404. The second-order valence-electron chi connectivity index (χ2n) is 12.9. The quantitative estimate of drug-likeness (QED) is 0.185. The van der Waals surface area contributed by atoms with Crippen LogP contribution in [0.2, 0.25) is 0 Å². The largest absolute Gasteiger partial charge is 0.0622 e. The molecule has 0 unspecified atom stereocenters. The van der Waals surface area contributed by atoms with Crippen molar-refractivity contribution in [1.29, 1.82) is 0 Å². The van der Waals surface area contributed by atoms with Gasteiger partial charge in [0.2, 0.25) is 0 Å². The molecule has 8 aromatic rings. The highest BCUT2D eigenvalue weighted by Crippen LogP contribution is 2.53. The van der Waals surface area contributed by atoms with Crippen molar-refractivity contribution in [1.82, 2.24) is 0 Å². The van der Waals surface area contributed by atoms with E-state index in [-0.39, 0.29) is 5.41 Å². The summed E-state index contributed by atoms with van der Waals surface area (Å²) in [5.74, 6) is 0. The number of benzene rings is 8. The molecule has 0 N–H and O–H groups in total. The fourth-order valence-corrected chi connectivity index (χ4v) is 8.00. The summed E-state index contributed by atoms with van der Waals surface area (Å²) in [6, 6.07) is 58.4. The predicted octanol–water partition coefficient (Wildman–Crippen LogP) is 12.5. The molecule has 0 spiro atoms. The van der Waals surface area contributed by atoms with Crippen molar-refractivity contribution in [2.75, 3.05) is 0 Å². The van der Waals surface area contributed by atoms with Gasteiger partial charge in [-0.05, 0) is 100 Å². The van der Waals surface area contributed by atoms with E-state index < -0.39 is 0 Å². The van der Waals surface area contributed by atoms with Crippen molar-refractivity contribution in [2.45, 2.75) is 19.3 Å². The maximum atomic E-state index is 2.46. The van der Waals surface area contributed by atoms with Crippen LogP contribution in [0.4, 0.5) is 0 Å². The minimum Gasteiger partial charge on any atom is -0.0622 e. The lowest BCUT2D eigenvalue weighted by Crippen LogP contribution is -2.14. The molecule has 0 amide bonds. The fourth-order valence-electron chi connectivity index (χ4n) is 8.00. The normalized spacial score (nSPS) is 13.3. The van der Waals surface area contributed by atoms with Gasteiger partial charge in [-0.1, -0.05) is 159 Å². The van der Waals surface area contributed by atoms with Crippen molar-refractivity contribution in [3.05, 3.63) is 169 Å². The van der Waals surface area contributed by atoms with E-state index in [1.807, 2.05) is 0 Å². The summed E-state index contributed by atoms with van der Waals surface area (Å²) in [7, 11) is 0. The molecule has 0 saturated heterocycles. The molecule has 0 bridgehead atoms. The summed E-state index contributed by atoms with van der Waals surface area (Å²) in [6.07, 6.45) is 0. The third-order valence-corrected chi connectivity index (χ3v) is 10.0. The molecular formula is C45H32. The minimum absolute atomic E-state index is 0.0404. The molecular weight excluding hydrogens is 540 g/mol. The van der Waals surface area contributed by atoms with E-state index in [4.69, 9.17) is 0 Å². The van der Waals surface area contributed by atoms with Crippen molar-refractivity contribution < 1.29 is 0 Å². The van der Waals surface area contributed by atoms with E-state index in [0.29, 0.717) is 0 Å². The zero-order chi connectivity index (χ0) is 30.1. The molecule has 0 fully saturated rings. The SMILES string of the molecule is CC1(C)c2ccccc2-c2c(-c3cc(-c4c5ccccc5c(-c5ccccc5)c5ccccc45)c4ccccc4c3)cccc21. The van der Waals surface area contributed by atoms with Crippen LogP contribution >= 0.6 is 0 Å². The first-order valence-electron chi connectivity index (χ1n) is 15.9. The van der Waals surface area contributed by atoms with E-state index in [9.17, 15) is 0 Å². The smallest absolute Gasteiger partial charge is 0.0159 e. The molecule has 8 aromatic carbocycles. The summed E-state index contributed by atoms with van der Waals surface area (Å²) >= 11 is 0. The Hall–Kier alpha value is -5.46. The van der Waals surface area contributed by atoms with Gasteiger partial charge in [-0.3, -0.25) is 0 Å². The van der Waals surface area contributed by atoms with Crippen LogP contribution in [0.5, 0.6) is 0 Å². The summed E-state index contributed by atoms with van der Waals surface area (Å²) < 4.78 is 0. The van der Waals surface area contributed by atoms with Crippen LogP contribution in [0.1, 0.15) is 25.0 Å². The maximum absolute atomic E-state index is 2.46. The Balaban J connectivity index is 1.40. The van der Waals surface area contributed by atoms with Crippen LogP contribution in [-0.2, 0) is 5.41 Å². The molecule has 0 heterocycles. The molecule has 45 heavy (non-hydrogen) atoms. The third kappa shape index (κ3) is 3.79. The molecule has 9 rings (SSSR count). The van der Waals surface area contributed by atoms with E-state index >= 15 is 0 Å². The number of rotatable bonds is 3. The van der Waals surface area contributed by atoms with Gasteiger partial charge in [-0.25, -0.2) is 0 Å². The van der Waals surface area contributed by atoms with Gasteiger partial charge in [-0.15, -0.1) is 0 Å². The van der Waals surface area contributed by atoms with Gasteiger partial charge in [0, 0.05) is 5.41 Å². The Morgan fingerprint density at radius 3 is 1.58 bits per heavy atom. The van der Waals surface area contributed by atoms with E-state index in [2.05, 4.69) is 172 Å². The standard InChI is InChI=1S/C45H32/c1-45(2)40-25-13-12-23-38(40)44-33(24-14-26-41(44)45)31-27-30-17-6-7-18-32(30)39(28-31)43-36-21-10-8-19-34(36)42(29-15-4-3-5-16-29)35-20-9-11-22-37(35)43/h3-28H,1-2H3. The summed E-state index contributed by atoms with van der Waals surface area (Å²) in [5, 5.41) is 7.65. The Morgan fingerprint density at radius 1 is 0.333 bits per heavy atom. The lowest BCUT2D eigenvalue weighted by atomic mass is 9.81. The zero-order valence-corrected chi connectivity index (χ0v) is 25.5. The van der Waals surface area contributed by atoms with Gasteiger partial charge in [-0.2, -0.15) is 0 Å². The molecule has 212 valence electrons. The second-order valence-corrected chi connectivity index (χ2v) is 12.9. The van der Waals surface area contributed by atoms with Gasteiger partial charge < -0.3 is 0 Å². The Morgan fingerprint density at radius 2 is 0.867 bits per heavy atom. The molecule has 0 aliphatic heterocycles. The van der Waals surface area contributed by atoms with Crippen LogP contribution < -0.4 is 0 Å². The highest BCUT2D eigenvalue weighted by Gasteiger charge is 2.36. The van der Waals surface area contributed by atoms with E-state index in [0.717, 1.165) is 0 Å². The van der Waals surface area contributed by atoms with Crippen molar-refractivity contribution in [3.63, 3.8) is 0 Å². The first-order chi connectivity index (χ1) is 22.1. The first-order valence-corrected chi connectivity index (χ1v) is 15.9. The van der Waals surface area contributed by atoms with Crippen molar-refractivity contribution >= 4 is 32.3 Å². The number of hydrogen-bond acceptors (Lipinski definition) is 0. The average Bonchev–Trinajstić information content (AvgIpc) is 3.33. The molecule has 0 aromatic heterocycles. The zero-order valence-electron chi connectivity index (χ0n) is 25.5. The average molecular weight is 573 g/mol. The Kier molecular flexibility index (Phi) is 5.64. The monoisotopic (exact) mass is 572 g/mol. The molecule has 0 atom stereocenters. The van der Waals surface area contributed by atoms with Gasteiger partial charge in [0.1, 0.15) is 0 Å².